The molecule has 1 unspecified atom stereocenters. The molecule has 2 heterocycles. The number of carbonyl (C=O) groups is 1. The zero-order chi connectivity index (χ0) is 12.4. The zero-order valence-electron chi connectivity index (χ0n) is 10.5. The van der Waals surface area contributed by atoms with Crippen molar-refractivity contribution >= 4 is 5.91 Å². The second-order valence-corrected chi connectivity index (χ2v) is 5.22. The average Bonchev–Trinajstić information content (AvgIpc) is 3.13. The van der Waals surface area contributed by atoms with E-state index in [0.29, 0.717) is 12.1 Å². The van der Waals surface area contributed by atoms with Crippen molar-refractivity contribution in [3.8, 4) is 0 Å². The molecule has 18 heavy (non-hydrogen) atoms. The summed E-state index contributed by atoms with van der Waals surface area (Å²) in [6, 6.07) is 4.56. The second kappa shape index (κ2) is 5.06. The van der Waals surface area contributed by atoms with Crippen molar-refractivity contribution in [2.45, 2.75) is 37.8 Å². The van der Waals surface area contributed by atoms with Crippen LogP contribution in [0.5, 0.6) is 0 Å². The lowest BCUT2D eigenvalue weighted by atomic mass is 10.2. The number of nitrogens with one attached hydrogen (secondary N) is 1. The van der Waals surface area contributed by atoms with Crippen LogP contribution in [-0.2, 0) is 0 Å². The molecular weight excluding hydrogens is 226 g/mol. The van der Waals surface area contributed by atoms with Gasteiger partial charge in [0.05, 0.1) is 0 Å². The summed E-state index contributed by atoms with van der Waals surface area (Å²) in [5.74, 6) is 0.161. The first-order valence-corrected chi connectivity index (χ1v) is 6.79. The summed E-state index contributed by atoms with van der Waals surface area (Å²) in [5, 5.41) is 3.47. The summed E-state index contributed by atoms with van der Waals surface area (Å²) in [5.41, 5.74) is 0.759. The molecule has 1 N–H and O–H groups in total. The lowest BCUT2D eigenvalue weighted by molar-refractivity contribution is 0.0728. The van der Waals surface area contributed by atoms with Gasteiger partial charge in [-0.2, -0.15) is 0 Å². The summed E-state index contributed by atoms with van der Waals surface area (Å²) >= 11 is 0. The SMILES string of the molecule is O=C(c1ccncc1)N(CC1CCCN1)C1CC1. The maximum absolute atomic E-state index is 12.5. The van der Waals surface area contributed by atoms with Gasteiger partial charge in [-0.05, 0) is 44.4 Å². The first-order valence-electron chi connectivity index (χ1n) is 6.79. The highest BCUT2D eigenvalue weighted by atomic mass is 16.2. The minimum absolute atomic E-state index is 0.161. The fraction of sp³-hybridized carbons (Fsp3) is 0.571. The van der Waals surface area contributed by atoms with Gasteiger partial charge in [0.2, 0.25) is 0 Å². The number of aromatic nitrogens is 1. The predicted octanol–water partition coefficient (Wildman–Crippen LogP) is 1.44. The Hall–Kier alpha value is -1.42. The Morgan fingerprint density at radius 3 is 2.72 bits per heavy atom. The molecule has 3 rings (SSSR count). The Bertz CT molecular complexity index is 410. The smallest absolute Gasteiger partial charge is 0.254 e. The van der Waals surface area contributed by atoms with Gasteiger partial charge >= 0.3 is 0 Å². The largest absolute Gasteiger partial charge is 0.334 e. The lowest BCUT2D eigenvalue weighted by Gasteiger charge is -2.26. The van der Waals surface area contributed by atoms with E-state index in [2.05, 4.69) is 15.2 Å². The third kappa shape index (κ3) is 2.53. The van der Waals surface area contributed by atoms with Crippen molar-refractivity contribution in [3.05, 3.63) is 30.1 Å². The topological polar surface area (TPSA) is 45.2 Å². The maximum Gasteiger partial charge on any atom is 0.254 e. The maximum atomic E-state index is 12.5. The fourth-order valence-electron chi connectivity index (χ4n) is 2.59. The summed E-state index contributed by atoms with van der Waals surface area (Å²) in [6.45, 7) is 1.94. The summed E-state index contributed by atoms with van der Waals surface area (Å²) in [6.07, 6.45) is 8.10. The van der Waals surface area contributed by atoms with E-state index in [1.54, 1.807) is 24.5 Å². The van der Waals surface area contributed by atoms with E-state index in [1.165, 1.54) is 12.8 Å². The van der Waals surface area contributed by atoms with Crippen molar-refractivity contribution in [1.82, 2.24) is 15.2 Å². The fourth-order valence-corrected chi connectivity index (χ4v) is 2.59. The number of hydrogen-bond donors (Lipinski definition) is 1. The number of amides is 1. The van der Waals surface area contributed by atoms with Gasteiger partial charge in [-0.15, -0.1) is 0 Å². The van der Waals surface area contributed by atoms with Gasteiger partial charge in [0.1, 0.15) is 0 Å². The quantitative estimate of drug-likeness (QED) is 0.873. The van der Waals surface area contributed by atoms with Crippen LogP contribution in [-0.4, -0.2) is 41.0 Å². The molecule has 1 aromatic rings. The molecule has 1 aliphatic carbocycles. The van der Waals surface area contributed by atoms with Gasteiger partial charge in [0.25, 0.3) is 5.91 Å². The third-order valence-electron chi connectivity index (χ3n) is 3.76. The van der Waals surface area contributed by atoms with Crippen LogP contribution in [0.3, 0.4) is 0 Å². The molecule has 1 aromatic heterocycles. The summed E-state index contributed by atoms with van der Waals surface area (Å²) < 4.78 is 0. The van der Waals surface area contributed by atoms with Crippen LogP contribution in [0.1, 0.15) is 36.0 Å². The molecule has 1 aliphatic heterocycles. The van der Waals surface area contributed by atoms with Gasteiger partial charge in [-0.3, -0.25) is 9.78 Å². The molecule has 1 amide bonds. The van der Waals surface area contributed by atoms with E-state index < -0.39 is 0 Å². The number of hydrogen-bond acceptors (Lipinski definition) is 3. The normalized spacial score (nSPS) is 23.0. The van der Waals surface area contributed by atoms with Crippen LogP contribution < -0.4 is 5.32 Å². The molecule has 1 saturated carbocycles. The number of pyridine rings is 1. The number of nitrogens with zero attached hydrogens (tertiary/aromatic N) is 2. The summed E-state index contributed by atoms with van der Waals surface area (Å²) in [4.78, 5) is 18.5. The minimum atomic E-state index is 0.161. The molecule has 2 fully saturated rings. The Labute approximate surface area is 107 Å². The van der Waals surface area contributed by atoms with E-state index in [4.69, 9.17) is 0 Å². The first kappa shape index (κ1) is 11.7. The molecule has 4 heteroatoms. The lowest BCUT2D eigenvalue weighted by Crippen LogP contribution is -2.42. The number of carbonyl (C=O) groups excluding carboxylic acids is 1. The highest BCUT2D eigenvalue weighted by molar-refractivity contribution is 5.94. The average molecular weight is 245 g/mol. The molecule has 0 aromatic carbocycles. The molecule has 4 nitrogen and oxygen atoms in total. The molecule has 0 spiro atoms. The zero-order valence-corrected chi connectivity index (χ0v) is 10.5. The van der Waals surface area contributed by atoms with Gasteiger partial charge in [-0.25, -0.2) is 0 Å². The van der Waals surface area contributed by atoms with E-state index in [1.807, 2.05) is 0 Å². The molecule has 1 saturated heterocycles. The highest BCUT2D eigenvalue weighted by Gasteiger charge is 2.34. The van der Waals surface area contributed by atoms with Gasteiger partial charge < -0.3 is 10.2 Å². The van der Waals surface area contributed by atoms with E-state index in [0.717, 1.165) is 31.5 Å². The molecule has 0 radical (unpaired) electrons. The molecular formula is C14H19N3O. The highest BCUT2D eigenvalue weighted by Crippen LogP contribution is 2.29. The Morgan fingerprint density at radius 2 is 2.11 bits per heavy atom. The molecule has 96 valence electrons. The van der Waals surface area contributed by atoms with Gasteiger partial charge in [-0.1, -0.05) is 0 Å². The van der Waals surface area contributed by atoms with E-state index in [9.17, 15) is 4.79 Å². The van der Waals surface area contributed by atoms with Crippen molar-refractivity contribution in [2.24, 2.45) is 0 Å². The van der Waals surface area contributed by atoms with Crippen LogP contribution >= 0.6 is 0 Å². The first-order chi connectivity index (χ1) is 8.84. The van der Waals surface area contributed by atoms with E-state index >= 15 is 0 Å². The van der Waals surface area contributed by atoms with E-state index in [-0.39, 0.29) is 5.91 Å². The number of rotatable bonds is 4. The minimum Gasteiger partial charge on any atom is -0.334 e. The third-order valence-corrected chi connectivity index (χ3v) is 3.76. The van der Waals surface area contributed by atoms with Crippen molar-refractivity contribution in [3.63, 3.8) is 0 Å². The standard InChI is InChI=1S/C14H19N3O/c18-14(11-5-8-15-9-6-11)17(13-3-4-13)10-12-2-1-7-16-12/h5-6,8-9,12-13,16H,1-4,7,10H2. The molecule has 2 aliphatic rings. The van der Waals surface area contributed by atoms with Crippen LogP contribution in [0.15, 0.2) is 24.5 Å². The van der Waals surface area contributed by atoms with Crippen molar-refractivity contribution in [1.29, 1.82) is 0 Å². The molecule has 0 bridgehead atoms. The Kier molecular flexibility index (Phi) is 3.28. The van der Waals surface area contributed by atoms with Gasteiger partial charge in [0.15, 0.2) is 0 Å². The Balaban J connectivity index is 1.71. The van der Waals surface area contributed by atoms with Gasteiger partial charge in [0, 0.05) is 36.6 Å². The van der Waals surface area contributed by atoms with Crippen LogP contribution in [0.4, 0.5) is 0 Å². The predicted molar refractivity (Wildman–Crippen MR) is 69.3 cm³/mol. The summed E-state index contributed by atoms with van der Waals surface area (Å²) in [7, 11) is 0. The van der Waals surface area contributed by atoms with Crippen molar-refractivity contribution in [2.75, 3.05) is 13.1 Å². The van der Waals surface area contributed by atoms with Crippen LogP contribution in [0.25, 0.3) is 0 Å². The van der Waals surface area contributed by atoms with Crippen LogP contribution in [0.2, 0.25) is 0 Å². The Morgan fingerprint density at radius 1 is 1.33 bits per heavy atom. The second-order valence-electron chi connectivity index (χ2n) is 5.22. The van der Waals surface area contributed by atoms with Crippen molar-refractivity contribution < 1.29 is 4.79 Å². The van der Waals surface area contributed by atoms with Crippen LogP contribution in [0, 0.1) is 0 Å². The molecule has 1 atom stereocenters. The monoisotopic (exact) mass is 245 g/mol.